The number of hydrogen-bond acceptors (Lipinski definition) is 5. The molecular weight excluding hydrogens is 1070 g/mol. The van der Waals surface area contributed by atoms with E-state index >= 15 is 0 Å². The first-order chi connectivity index (χ1) is 43.0. The molecule has 0 aliphatic heterocycles. The molecule has 1 amide bonds. The third-order valence-corrected chi connectivity index (χ3v) is 19.3. The van der Waals surface area contributed by atoms with Crippen molar-refractivity contribution in [2.75, 3.05) is 13.2 Å². The molecular formula is C81H159NO5. The van der Waals surface area contributed by atoms with Gasteiger partial charge >= 0.3 is 5.97 Å². The van der Waals surface area contributed by atoms with E-state index in [1.807, 2.05) is 0 Å². The third-order valence-electron chi connectivity index (χ3n) is 19.3. The molecule has 0 spiro atoms. The molecule has 3 N–H and O–H groups in total. The fraction of sp³-hybridized carbons (Fsp3) is 0.951. The SMILES string of the molecule is CCCCCCCCCCCCCCCCCCCCCCCC(O)C(CO)NC(=O)CCCCCCCCCCCCCCCCCCC/C=C\CCCCCCCCCCCCCCCCCCOC(=O)CCCCCCCCCCCCCC. The fourth-order valence-electron chi connectivity index (χ4n) is 13.2. The zero-order valence-corrected chi connectivity index (χ0v) is 59.5. The summed E-state index contributed by atoms with van der Waals surface area (Å²) in [5.41, 5.74) is 0. The molecule has 0 saturated heterocycles. The van der Waals surface area contributed by atoms with E-state index in [2.05, 4.69) is 31.3 Å². The maximum Gasteiger partial charge on any atom is 0.305 e. The van der Waals surface area contributed by atoms with Gasteiger partial charge in [0.05, 0.1) is 25.4 Å². The molecule has 6 heteroatoms. The Labute approximate surface area is 546 Å². The van der Waals surface area contributed by atoms with Crippen LogP contribution in [0.2, 0.25) is 0 Å². The van der Waals surface area contributed by atoms with Gasteiger partial charge in [-0.1, -0.05) is 418 Å². The second-order valence-corrected chi connectivity index (χ2v) is 28.1. The van der Waals surface area contributed by atoms with Crippen LogP contribution in [0.1, 0.15) is 470 Å². The number of esters is 1. The van der Waals surface area contributed by atoms with Gasteiger partial charge in [-0.15, -0.1) is 0 Å². The number of aliphatic hydroxyl groups excluding tert-OH is 2. The number of carbonyl (C=O) groups excluding carboxylic acids is 2. The van der Waals surface area contributed by atoms with Crippen LogP contribution in [0.4, 0.5) is 0 Å². The van der Waals surface area contributed by atoms with E-state index in [9.17, 15) is 19.8 Å². The lowest BCUT2D eigenvalue weighted by molar-refractivity contribution is -0.143. The summed E-state index contributed by atoms with van der Waals surface area (Å²) in [4.78, 5) is 24.6. The largest absolute Gasteiger partial charge is 0.466 e. The van der Waals surface area contributed by atoms with Gasteiger partial charge in [0.2, 0.25) is 5.91 Å². The number of hydrogen-bond donors (Lipinski definition) is 3. The second kappa shape index (κ2) is 77.1. The minimum Gasteiger partial charge on any atom is -0.466 e. The molecule has 2 unspecified atom stereocenters. The summed E-state index contributed by atoms with van der Waals surface area (Å²) in [6.07, 6.45) is 97.5. The topological polar surface area (TPSA) is 95.9 Å². The number of allylic oxidation sites excluding steroid dienone is 2. The maximum atomic E-state index is 12.6. The van der Waals surface area contributed by atoms with Crippen LogP contribution in [0.25, 0.3) is 0 Å². The number of aliphatic hydroxyl groups is 2. The normalized spacial score (nSPS) is 12.5. The number of nitrogens with one attached hydrogen (secondary N) is 1. The first kappa shape index (κ1) is 85.6. The molecule has 87 heavy (non-hydrogen) atoms. The Balaban J connectivity index is 3.33. The lowest BCUT2D eigenvalue weighted by Gasteiger charge is -2.22. The van der Waals surface area contributed by atoms with Gasteiger partial charge < -0.3 is 20.3 Å². The monoisotopic (exact) mass is 1230 g/mol. The number of ether oxygens (including phenoxy) is 1. The van der Waals surface area contributed by atoms with Gasteiger partial charge in [-0.3, -0.25) is 9.59 Å². The van der Waals surface area contributed by atoms with E-state index < -0.39 is 12.1 Å². The van der Waals surface area contributed by atoms with Crippen LogP contribution in [-0.2, 0) is 14.3 Å². The lowest BCUT2D eigenvalue weighted by Crippen LogP contribution is -2.45. The first-order valence-corrected chi connectivity index (χ1v) is 40.4. The molecule has 0 rings (SSSR count). The van der Waals surface area contributed by atoms with Crippen molar-refractivity contribution in [1.82, 2.24) is 5.32 Å². The Morgan fingerprint density at radius 2 is 0.540 bits per heavy atom. The van der Waals surface area contributed by atoms with Gasteiger partial charge in [0.1, 0.15) is 0 Å². The molecule has 0 saturated carbocycles. The first-order valence-electron chi connectivity index (χ1n) is 40.4. The zero-order valence-electron chi connectivity index (χ0n) is 59.5. The molecule has 0 heterocycles. The minimum absolute atomic E-state index is 0.0233. The van der Waals surface area contributed by atoms with Crippen molar-refractivity contribution in [1.29, 1.82) is 0 Å². The Kier molecular flexibility index (Phi) is 75.8. The summed E-state index contributed by atoms with van der Waals surface area (Å²) >= 11 is 0. The molecule has 0 radical (unpaired) electrons. The molecule has 0 aromatic heterocycles. The highest BCUT2D eigenvalue weighted by Crippen LogP contribution is 2.20. The van der Waals surface area contributed by atoms with Crippen LogP contribution in [0.3, 0.4) is 0 Å². The van der Waals surface area contributed by atoms with Crippen LogP contribution in [0.5, 0.6) is 0 Å². The maximum absolute atomic E-state index is 12.6. The molecule has 0 fully saturated rings. The number of amides is 1. The zero-order chi connectivity index (χ0) is 62.8. The highest BCUT2D eigenvalue weighted by Gasteiger charge is 2.20. The summed E-state index contributed by atoms with van der Waals surface area (Å²) in [5, 5.41) is 23.5. The second-order valence-electron chi connectivity index (χ2n) is 28.1. The van der Waals surface area contributed by atoms with E-state index in [1.54, 1.807) is 0 Å². The van der Waals surface area contributed by atoms with Gasteiger partial charge in [-0.2, -0.15) is 0 Å². The number of carbonyl (C=O) groups is 2. The smallest absolute Gasteiger partial charge is 0.305 e. The van der Waals surface area contributed by atoms with E-state index in [1.165, 1.54) is 398 Å². The van der Waals surface area contributed by atoms with Gasteiger partial charge in [-0.25, -0.2) is 0 Å². The van der Waals surface area contributed by atoms with Crippen LogP contribution in [0.15, 0.2) is 12.2 Å². The molecule has 0 aromatic carbocycles. The van der Waals surface area contributed by atoms with Gasteiger partial charge in [0.25, 0.3) is 0 Å². The van der Waals surface area contributed by atoms with Crippen molar-refractivity contribution in [3.8, 4) is 0 Å². The molecule has 518 valence electrons. The third kappa shape index (κ3) is 73.5. The van der Waals surface area contributed by atoms with Gasteiger partial charge in [0.15, 0.2) is 0 Å². The summed E-state index contributed by atoms with van der Waals surface area (Å²) in [6, 6.07) is -0.539. The Hall–Kier alpha value is -1.40. The number of unbranched alkanes of at least 4 members (excludes halogenated alkanes) is 64. The van der Waals surface area contributed by atoms with Crippen molar-refractivity contribution in [3.63, 3.8) is 0 Å². The Bertz CT molecular complexity index is 1320. The van der Waals surface area contributed by atoms with E-state index in [4.69, 9.17) is 4.74 Å². The van der Waals surface area contributed by atoms with Crippen molar-refractivity contribution >= 4 is 11.9 Å². The molecule has 6 nitrogen and oxygen atoms in total. The number of rotatable bonds is 77. The van der Waals surface area contributed by atoms with Crippen molar-refractivity contribution < 1.29 is 24.5 Å². The van der Waals surface area contributed by atoms with E-state index in [0.29, 0.717) is 25.9 Å². The Morgan fingerprint density at radius 3 is 0.816 bits per heavy atom. The van der Waals surface area contributed by atoms with Crippen LogP contribution < -0.4 is 5.32 Å². The van der Waals surface area contributed by atoms with Crippen molar-refractivity contribution in [3.05, 3.63) is 12.2 Å². The van der Waals surface area contributed by atoms with Crippen LogP contribution in [-0.4, -0.2) is 47.4 Å². The molecule has 0 aromatic rings. The van der Waals surface area contributed by atoms with Crippen molar-refractivity contribution in [2.45, 2.75) is 482 Å². The highest BCUT2D eigenvalue weighted by atomic mass is 16.5. The average Bonchev–Trinajstić information content (AvgIpc) is 3.53. The molecule has 2 atom stereocenters. The summed E-state index contributed by atoms with van der Waals surface area (Å²) < 4.78 is 5.49. The summed E-state index contributed by atoms with van der Waals surface area (Å²) in [7, 11) is 0. The Morgan fingerprint density at radius 1 is 0.310 bits per heavy atom. The molecule has 0 bridgehead atoms. The summed E-state index contributed by atoms with van der Waals surface area (Å²) in [5.74, 6) is -0.00193. The van der Waals surface area contributed by atoms with Gasteiger partial charge in [-0.05, 0) is 51.4 Å². The van der Waals surface area contributed by atoms with E-state index in [-0.39, 0.29) is 18.5 Å². The quantitative estimate of drug-likeness (QED) is 0.0320. The molecule has 0 aliphatic rings. The predicted molar refractivity (Wildman–Crippen MR) is 384 cm³/mol. The van der Waals surface area contributed by atoms with Crippen LogP contribution >= 0.6 is 0 Å². The lowest BCUT2D eigenvalue weighted by atomic mass is 10.0. The predicted octanol–water partition coefficient (Wildman–Crippen LogP) is 26.7. The highest BCUT2D eigenvalue weighted by molar-refractivity contribution is 5.76. The summed E-state index contributed by atoms with van der Waals surface area (Å²) in [6.45, 7) is 5.01. The fourth-order valence-corrected chi connectivity index (χ4v) is 13.2. The minimum atomic E-state index is -0.662. The molecule has 0 aliphatic carbocycles. The van der Waals surface area contributed by atoms with Gasteiger partial charge in [0, 0.05) is 12.8 Å². The van der Waals surface area contributed by atoms with E-state index in [0.717, 1.165) is 38.5 Å². The standard InChI is InChI=1S/C81H159NO5/c1-3-5-7-9-11-13-15-17-18-19-20-38-41-44-47-50-53-57-61-65-69-73-79(84)78(77-83)82-80(85)74-70-66-62-58-54-51-48-45-42-39-36-34-32-30-28-26-24-22-21-23-25-27-29-31-33-35-37-40-43-46-49-52-56-60-64-68-72-76-87-81(86)75-71-67-63-59-55-16-14-12-10-8-6-4-2/h21,23,78-79,83-84H,3-20,22,24-77H2,1-2H3,(H,82,85)/b23-21-. The van der Waals surface area contributed by atoms with Crippen LogP contribution in [0, 0.1) is 0 Å². The van der Waals surface area contributed by atoms with Crippen molar-refractivity contribution in [2.24, 2.45) is 0 Å². The average molecular weight is 1230 g/mol.